The first-order valence-electron chi connectivity index (χ1n) is 5.55. The van der Waals surface area contributed by atoms with E-state index in [4.69, 9.17) is 0 Å². The first kappa shape index (κ1) is 14.0. The number of carbonyl (C=O) groups is 1. The maximum atomic E-state index is 11.3. The van der Waals surface area contributed by atoms with Gasteiger partial charge in [-0.3, -0.25) is 4.79 Å². The van der Waals surface area contributed by atoms with Crippen molar-refractivity contribution in [2.45, 2.75) is 53.4 Å². The van der Waals surface area contributed by atoms with E-state index in [1.807, 2.05) is 11.8 Å². The van der Waals surface area contributed by atoms with Crippen molar-refractivity contribution >= 4 is 17.5 Å². The maximum Gasteiger partial charge on any atom is 0.133 e. The Balaban J connectivity index is 3.32. The topological polar surface area (TPSA) is 17.1 Å². The molecule has 0 aromatic carbocycles. The van der Waals surface area contributed by atoms with Crippen molar-refractivity contribution in [1.82, 2.24) is 0 Å². The molecule has 0 spiro atoms. The van der Waals surface area contributed by atoms with Gasteiger partial charge < -0.3 is 0 Å². The fourth-order valence-electron chi connectivity index (χ4n) is 1.06. The van der Waals surface area contributed by atoms with Crippen LogP contribution in [0, 0.1) is 5.41 Å². The van der Waals surface area contributed by atoms with Gasteiger partial charge in [0.2, 0.25) is 0 Å². The molecule has 0 aliphatic rings. The first-order chi connectivity index (χ1) is 6.45. The predicted molar refractivity (Wildman–Crippen MR) is 65.9 cm³/mol. The minimum Gasteiger partial charge on any atom is -0.300 e. The summed E-state index contributed by atoms with van der Waals surface area (Å²) >= 11 is 1.90. The molecule has 0 fully saturated rings. The standard InChI is InChI=1S/C12H24OS/c1-5-6-7-11(13)8-9-14-10-12(2,3)4/h5-10H2,1-4H3. The largest absolute Gasteiger partial charge is 0.300 e. The Hall–Kier alpha value is 0.0200. The lowest BCUT2D eigenvalue weighted by Gasteiger charge is -2.16. The fourth-order valence-corrected chi connectivity index (χ4v) is 2.19. The SMILES string of the molecule is CCCCC(=O)CCSCC(C)(C)C. The summed E-state index contributed by atoms with van der Waals surface area (Å²) in [6.07, 6.45) is 3.73. The molecule has 0 rings (SSSR count). The minimum atomic E-state index is 0.386. The van der Waals surface area contributed by atoms with Crippen LogP contribution in [0.15, 0.2) is 0 Å². The summed E-state index contributed by atoms with van der Waals surface area (Å²) in [7, 11) is 0. The zero-order valence-corrected chi connectivity index (χ0v) is 10.9. The molecule has 0 aliphatic heterocycles. The number of ketones is 1. The minimum absolute atomic E-state index is 0.386. The van der Waals surface area contributed by atoms with Crippen LogP contribution < -0.4 is 0 Å². The molecule has 2 heteroatoms. The summed E-state index contributed by atoms with van der Waals surface area (Å²) in [5.41, 5.74) is 0.386. The quantitative estimate of drug-likeness (QED) is 0.600. The third-order valence-electron chi connectivity index (χ3n) is 1.87. The number of rotatable bonds is 7. The molecule has 0 aromatic heterocycles. The Morgan fingerprint density at radius 1 is 1.21 bits per heavy atom. The zero-order chi connectivity index (χ0) is 11.0. The van der Waals surface area contributed by atoms with Crippen LogP contribution in [0.5, 0.6) is 0 Å². The lowest BCUT2D eigenvalue weighted by Crippen LogP contribution is -2.09. The monoisotopic (exact) mass is 216 g/mol. The molecule has 0 amide bonds. The molecule has 0 saturated carbocycles. The van der Waals surface area contributed by atoms with Crippen molar-refractivity contribution in [1.29, 1.82) is 0 Å². The van der Waals surface area contributed by atoms with Gasteiger partial charge in [0.05, 0.1) is 0 Å². The van der Waals surface area contributed by atoms with Crippen molar-refractivity contribution in [3.63, 3.8) is 0 Å². The fraction of sp³-hybridized carbons (Fsp3) is 0.917. The second kappa shape index (κ2) is 7.33. The van der Waals surface area contributed by atoms with Crippen molar-refractivity contribution in [2.75, 3.05) is 11.5 Å². The maximum absolute atomic E-state index is 11.3. The van der Waals surface area contributed by atoms with Crippen molar-refractivity contribution in [2.24, 2.45) is 5.41 Å². The molecule has 0 unspecified atom stereocenters. The summed E-state index contributed by atoms with van der Waals surface area (Å²) in [6, 6.07) is 0. The molecule has 0 heterocycles. The number of unbranched alkanes of at least 4 members (excludes halogenated alkanes) is 1. The number of hydrogen-bond acceptors (Lipinski definition) is 2. The van der Waals surface area contributed by atoms with Gasteiger partial charge in [-0.15, -0.1) is 0 Å². The van der Waals surface area contributed by atoms with Crippen LogP contribution in [-0.4, -0.2) is 17.3 Å². The highest BCUT2D eigenvalue weighted by atomic mass is 32.2. The molecule has 0 aromatic rings. The summed E-state index contributed by atoms with van der Waals surface area (Å²) in [5.74, 6) is 2.58. The van der Waals surface area contributed by atoms with Gasteiger partial charge in [0.25, 0.3) is 0 Å². The second-order valence-corrected chi connectivity index (χ2v) is 6.11. The average Bonchev–Trinajstić information content (AvgIpc) is 2.07. The van der Waals surface area contributed by atoms with Gasteiger partial charge in [-0.1, -0.05) is 34.1 Å². The van der Waals surface area contributed by atoms with E-state index in [-0.39, 0.29) is 0 Å². The molecule has 84 valence electrons. The molecule has 14 heavy (non-hydrogen) atoms. The highest BCUT2D eigenvalue weighted by Gasteiger charge is 2.10. The molecule has 1 nitrogen and oxygen atoms in total. The molecular weight excluding hydrogens is 192 g/mol. The summed E-state index contributed by atoms with van der Waals surface area (Å²) < 4.78 is 0. The van der Waals surface area contributed by atoms with E-state index in [0.717, 1.165) is 37.2 Å². The number of thioether (sulfide) groups is 1. The Kier molecular flexibility index (Phi) is 7.34. The second-order valence-electron chi connectivity index (χ2n) is 5.01. The molecule has 0 bridgehead atoms. The lowest BCUT2D eigenvalue weighted by atomic mass is 10.0. The Labute approximate surface area is 93.0 Å². The van der Waals surface area contributed by atoms with Gasteiger partial charge in [0.1, 0.15) is 5.78 Å². The van der Waals surface area contributed by atoms with Crippen LogP contribution in [0.1, 0.15) is 53.4 Å². The van der Waals surface area contributed by atoms with Crippen LogP contribution in [0.2, 0.25) is 0 Å². The smallest absolute Gasteiger partial charge is 0.133 e. The molecule has 0 N–H and O–H groups in total. The number of carbonyl (C=O) groups excluding carboxylic acids is 1. The molecule has 0 atom stereocenters. The molecule has 0 aliphatic carbocycles. The van der Waals surface area contributed by atoms with Gasteiger partial charge in [0, 0.05) is 18.6 Å². The average molecular weight is 216 g/mol. The van der Waals surface area contributed by atoms with E-state index in [2.05, 4.69) is 27.7 Å². The van der Waals surface area contributed by atoms with Crippen LogP contribution in [0.4, 0.5) is 0 Å². The van der Waals surface area contributed by atoms with E-state index in [9.17, 15) is 4.79 Å². The third-order valence-corrected chi connectivity index (χ3v) is 3.43. The summed E-state index contributed by atoms with van der Waals surface area (Å²) in [5, 5.41) is 0. The van der Waals surface area contributed by atoms with Crippen molar-refractivity contribution < 1.29 is 4.79 Å². The van der Waals surface area contributed by atoms with Crippen molar-refractivity contribution in [3.05, 3.63) is 0 Å². The summed E-state index contributed by atoms with van der Waals surface area (Å²) in [4.78, 5) is 11.3. The van der Waals surface area contributed by atoms with Gasteiger partial charge >= 0.3 is 0 Å². The van der Waals surface area contributed by atoms with E-state index in [1.165, 1.54) is 0 Å². The van der Waals surface area contributed by atoms with Crippen LogP contribution >= 0.6 is 11.8 Å². The van der Waals surface area contributed by atoms with E-state index in [0.29, 0.717) is 11.2 Å². The molecule has 0 radical (unpaired) electrons. The first-order valence-corrected chi connectivity index (χ1v) is 6.70. The van der Waals surface area contributed by atoms with Crippen LogP contribution in [0.3, 0.4) is 0 Å². The number of Topliss-reactive ketones (excluding diaryl/α,β-unsaturated/α-hetero) is 1. The van der Waals surface area contributed by atoms with Crippen LogP contribution in [0.25, 0.3) is 0 Å². The van der Waals surface area contributed by atoms with Crippen molar-refractivity contribution in [3.8, 4) is 0 Å². The lowest BCUT2D eigenvalue weighted by molar-refractivity contribution is -0.118. The number of hydrogen-bond donors (Lipinski definition) is 0. The highest BCUT2D eigenvalue weighted by Crippen LogP contribution is 2.20. The van der Waals surface area contributed by atoms with E-state index in [1.54, 1.807) is 0 Å². The van der Waals surface area contributed by atoms with Gasteiger partial charge in [-0.05, 0) is 17.6 Å². The Morgan fingerprint density at radius 3 is 2.36 bits per heavy atom. The third kappa shape index (κ3) is 10.1. The summed E-state index contributed by atoms with van der Waals surface area (Å²) in [6.45, 7) is 8.83. The Bertz CT molecular complexity index is 158. The Morgan fingerprint density at radius 2 is 1.86 bits per heavy atom. The van der Waals surface area contributed by atoms with Gasteiger partial charge in [-0.25, -0.2) is 0 Å². The normalized spacial score (nSPS) is 11.7. The molecular formula is C12H24OS. The van der Waals surface area contributed by atoms with E-state index < -0.39 is 0 Å². The zero-order valence-electron chi connectivity index (χ0n) is 10.1. The van der Waals surface area contributed by atoms with E-state index >= 15 is 0 Å². The van der Waals surface area contributed by atoms with Gasteiger partial charge in [0.15, 0.2) is 0 Å². The predicted octanol–water partition coefficient (Wildman–Crippen LogP) is 3.92. The molecule has 0 saturated heterocycles. The van der Waals surface area contributed by atoms with Crippen LogP contribution in [-0.2, 0) is 4.79 Å². The highest BCUT2D eigenvalue weighted by molar-refractivity contribution is 7.99. The van der Waals surface area contributed by atoms with Gasteiger partial charge in [-0.2, -0.15) is 11.8 Å².